The van der Waals surface area contributed by atoms with E-state index in [9.17, 15) is 4.79 Å². The number of carbonyl (C=O) groups is 1. The third kappa shape index (κ3) is 6.35. The van der Waals surface area contributed by atoms with Crippen molar-refractivity contribution in [1.29, 1.82) is 0 Å². The van der Waals surface area contributed by atoms with Gasteiger partial charge in [0.2, 0.25) is 5.91 Å². The molecule has 1 heterocycles. The Bertz CT molecular complexity index is 341. The van der Waals surface area contributed by atoms with Crippen LogP contribution in [-0.4, -0.2) is 29.1 Å². The summed E-state index contributed by atoms with van der Waals surface area (Å²) in [6, 6.07) is 3.85. The van der Waals surface area contributed by atoms with Gasteiger partial charge in [0.1, 0.15) is 0 Å². The Labute approximate surface area is 108 Å². The van der Waals surface area contributed by atoms with Crippen LogP contribution < -0.4 is 5.32 Å². The first-order chi connectivity index (χ1) is 8.72. The lowest BCUT2D eigenvalue weighted by Crippen LogP contribution is -2.25. The van der Waals surface area contributed by atoms with Gasteiger partial charge >= 0.3 is 0 Å². The summed E-state index contributed by atoms with van der Waals surface area (Å²) in [5.41, 5.74) is 1.08. The molecule has 4 heteroatoms. The normalized spacial score (nSPS) is 12.1. The zero-order chi connectivity index (χ0) is 13.2. The summed E-state index contributed by atoms with van der Waals surface area (Å²) in [5.74, 6) is 0.396. The summed E-state index contributed by atoms with van der Waals surface area (Å²) in [6.45, 7) is 2.91. The van der Waals surface area contributed by atoms with Gasteiger partial charge in [-0.05, 0) is 36.8 Å². The number of pyridine rings is 1. The van der Waals surface area contributed by atoms with Crippen molar-refractivity contribution in [3.63, 3.8) is 0 Å². The Morgan fingerprint density at radius 3 is 3.06 bits per heavy atom. The monoisotopic (exact) mass is 250 g/mol. The summed E-state index contributed by atoms with van der Waals surface area (Å²) < 4.78 is 0. The van der Waals surface area contributed by atoms with E-state index in [1.165, 1.54) is 0 Å². The molecule has 1 rings (SSSR count). The molecular formula is C14H22N2O2. The predicted molar refractivity (Wildman–Crippen MR) is 71.1 cm³/mol. The van der Waals surface area contributed by atoms with Crippen LogP contribution >= 0.6 is 0 Å². The molecule has 0 saturated heterocycles. The van der Waals surface area contributed by atoms with E-state index in [2.05, 4.69) is 10.3 Å². The summed E-state index contributed by atoms with van der Waals surface area (Å²) >= 11 is 0. The van der Waals surface area contributed by atoms with Gasteiger partial charge in [-0.3, -0.25) is 9.78 Å². The molecular weight excluding hydrogens is 228 g/mol. The third-order valence-corrected chi connectivity index (χ3v) is 2.87. The van der Waals surface area contributed by atoms with E-state index in [1.807, 2.05) is 19.1 Å². The molecule has 0 spiro atoms. The first kappa shape index (κ1) is 14.6. The fourth-order valence-corrected chi connectivity index (χ4v) is 1.66. The summed E-state index contributed by atoms with van der Waals surface area (Å²) in [4.78, 5) is 15.6. The highest BCUT2D eigenvalue weighted by Gasteiger charge is 2.03. The van der Waals surface area contributed by atoms with Gasteiger partial charge in [-0.2, -0.15) is 0 Å². The first-order valence-electron chi connectivity index (χ1n) is 6.49. The Kier molecular flexibility index (Phi) is 7.03. The molecule has 0 radical (unpaired) electrons. The quantitative estimate of drug-likeness (QED) is 0.688. The van der Waals surface area contributed by atoms with Gasteiger partial charge in [-0.25, -0.2) is 0 Å². The predicted octanol–water partition coefficient (Wildman–Crippen LogP) is 1.54. The molecule has 100 valence electrons. The molecule has 1 atom stereocenters. The van der Waals surface area contributed by atoms with E-state index >= 15 is 0 Å². The average Bonchev–Trinajstić information content (AvgIpc) is 2.42. The van der Waals surface area contributed by atoms with Gasteiger partial charge < -0.3 is 10.4 Å². The smallest absolute Gasteiger partial charge is 0.220 e. The molecule has 0 aliphatic rings. The maximum Gasteiger partial charge on any atom is 0.220 e. The number of amides is 1. The lowest BCUT2D eigenvalue weighted by molar-refractivity contribution is -0.121. The number of carbonyl (C=O) groups excluding carboxylic acids is 1. The van der Waals surface area contributed by atoms with Crippen LogP contribution in [0.15, 0.2) is 24.5 Å². The SMILES string of the molecule is CC(CO)CCCNC(=O)CCc1cccnc1. The van der Waals surface area contributed by atoms with Crippen LogP contribution in [0.1, 0.15) is 31.7 Å². The van der Waals surface area contributed by atoms with Crippen LogP contribution in [0.4, 0.5) is 0 Å². The van der Waals surface area contributed by atoms with Gasteiger partial charge in [-0.15, -0.1) is 0 Å². The van der Waals surface area contributed by atoms with E-state index in [-0.39, 0.29) is 12.5 Å². The second kappa shape index (κ2) is 8.64. The molecule has 1 aromatic rings. The number of nitrogens with one attached hydrogen (secondary N) is 1. The fourth-order valence-electron chi connectivity index (χ4n) is 1.66. The van der Waals surface area contributed by atoms with Crippen molar-refractivity contribution < 1.29 is 9.90 Å². The van der Waals surface area contributed by atoms with Crippen LogP contribution in [0.2, 0.25) is 0 Å². The summed E-state index contributed by atoms with van der Waals surface area (Å²) in [7, 11) is 0. The highest BCUT2D eigenvalue weighted by molar-refractivity contribution is 5.76. The third-order valence-electron chi connectivity index (χ3n) is 2.87. The molecule has 0 aromatic carbocycles. The second-order valence-corrected chi connectivity index (χ2v) is 4.64. The van der Waals surface area contributed by atoms with Crippen molar-refractivity contribution in [3.8, 4) is 0 Å². The molecule has 1 amide bonds. The van der Waals surface area contributed by atoms with Crippen molar-refractivity contribution >= 4 is 5.91 Å². The van der Waals surface area contributed by atoms with Crippen molar-refractivity contribution in [2.24, 2.45) is 5.92 Å². The number of aliphatic hydroxyl groups excluding tert-OH is 1. The molecule has 0 bridgehead atoms. The Balaban J connectivity index is 2.07. The molecule has 0 aliphatic heterocycles. The molecule has 1 aromatic heterocycles. The van der Waals surface area contributed by atoms with E-state index in [4.69, 9.17) is 5.11 Å². The highest BCUT2D eigenvalue weighted by atomic mass is 16.3. The molecule has 4 nitrogen and oxygen atoms in total. The molecule has 1 unspecified atom stereocenters. The van der Waals surface area contributed by atoms with Gasteiger partial charge in [0.25, 0.3) is 0 Å². The minimum atomic E-state index is 0.0792. The fraction of sp³-hybridized carbons (Fsp3) is 0.571. The van der Waals surface area contributed by atoms with Gasteiger partial charge in [-0.1, -0.05) is 13.0 Å². The Morgan fingerprint density at radius 2 is 2.39 bits per heavy atom. The molecule has 18 heavy (non-hydrogen) atoms. The maximum atomic E-state index is 11.5. The second-order valence-electron chi connectivity index (χ2n) is 4.64. The standard InChI is InChI=1S/C14H22N2O2/c1-12(11-17)4-2-9-16-14(18)7-6-13-5-3-8-15-10-13/h3,5,8,10,12,17H,2,4,6-7,9,11H2,1H3,(H,16,18). The number of nitrogens with zero attached hydrogens (tertiary/aromatic N) is 1. The lowest BCUT2D eigenvalue weighted by atomic mass is 10.1. The molecule has 0 aliphatic carbocycles. The van der Waals surface area contributed by atoms with Crippen LogP contribution in [0.25, 0.3) is 0 Å². The van der Waals surface area contributed by atoms with Crippen LogP contribution in [0.5, 0.6) is 0 Å². The van der Waals surface area contributed by atoms with E-state index in [0.717, 1.165) is 24.8 Å². The Hall–Kier alpha value is -1.42. The zero-order valence-corrected chi connectivity index (χ0v) is 10.9. The number of hydrogen-bond donors (Lipinski definition) is 2. The number of aromatic nitrogens is 1. The zero-order valence-electron chi connectivity index (χ0n) is 10.9. The highest BCUT2D eigenvalue weighted by Crippen LogP contribution is 2.03. The van der Waals surface area contributed by atoms with Gasteiger partial charge in [0.15, 0.2) is 0 Å². The van der Waals surface area contributed by atoms with Crippen LogP contribution in [-0.2, 0) is 11.2 Å². The molecule has 2 N–H and O–H groups in total. The molecule has 0 saturated carbocycles. The number of rotatable bonds is 8. The summed E-state index contributed by atoms with van der Waals surface area (Å²) in [5, 5.41) is 11.8. The Morgan fingerprint density at radius 1 is 1.56 bits per heavy atom. The van der Waals surface area contributed by atoms with E-state index in [1.54, 1.807) is 12.4 Å². The number of aliphatic hydroxyl groups is 1. The van der Waals surface area contributed by atoms with Crippen LogP contribution in [0.3, 0.4) is 0 Å². The van der Waals surface area contributed by atoms with Crippen molar-refractivity contribution in [1.82, 2.24) is 10.3 Å². The van der Waals surface area contributed by atoms with Crippen molar-refractivity contribution in [2.75, 3.05) is 13.2 Å². The molecule has 0 fully saturated rings. The number of aryl methyl sites for hydroxylation is 1. The first-order valence-corrected chi connectivity index (χ1v) is 6.49. The minimum absolute atomic E-state index is 0.0792. The topological polar surface area (TPSA) is 62.2 Å². The van der Waals surface area contributed by atoms with E-state index < -0.39 is 0 Å². The number of hydrogen-bond acceptors (Lipinski definition) is 3. The van der Waals surface area contributed by atoms with Gasteiger partial charge in [0, 0.05) is 32.0 Å². The van der Waals surface area contributed by atoms with E-state index in [0.29, 0.717) is 18.9 Å². The summed E-state index contributed by atoms with van der Waals surface area (Å²) in [6.07, 6.45) is 6.61. The van der Waals surface area contributed by atoms with Crippen molar-refractivity contribution in [2.45, 2.75) is 32.6 Å². The van der Waals surface area contributed by atoms with Crippen LogP contribution in [0, 0.1) is 5.92 Å². The average molecular weight is 250 g/mol. The maximum absolute atomic E-state index is 11.5. The minimum Gasteiger partial charge on any atom is -0.396 e. The van der Waals surface area contributed by atoms with Gasteiger partial charge in [0.05, 0.1) is 0 Å². The largest absolute Gasteiger partial charge is 0.396 e. The van der Waals surface area contributed by atoms with Crippen molar-refractivity contribution in [3.05, 3.63) is 30.1 Å². The lowest BCUT2D eigenvalue weighted by Gasteiger charge is -2.08.